The highest BCUT2D eigenvalue weighted by molar-refractivity contribution is 7.99. The number of fused-ring (bicyclic) bond motifs is 1. The molecule has 0 radical (unpaired) electrons. The first-order chi connectivity index (χ1) is 16.4. The molecule has 5 nitrogen and oxygen atoms in total. The average molecular weight is 488 g/mol. The molecule has 0 N–H and O–H groups in total. The molecule has 0 bridgehead atoms. The number of hydrogen-bond donors (Lipinski definition) is 0. The van der Waals surface area contributed by atoms with E-state index in [0.717, 1.165) is 30.2 Å². The Kier molecular flexibility index (Phi) is 10.5. The smallest absolute Gasteiger partial charge is 0.238 e. The fourth-order valence-electron chi connectivity index (χ4n) is 4.84. The summed E-state index contributed by atoms with van der Waals surface area (Å²) in [7, 11) is 3.16. The lowest BCUT2D eigenvalue weighted by atomic mass is 9.80. The molecule has 3 rings (SSSR count). The zero-order valence-corrected chi connectivity index (χ0v) is 22.3. The molecule has 188 valence electrons. The van der Waals surface area contributed by atoms with Gasteiger partial charge in [-0.1, -0.05) is 46.0 Å². The molecule has 34 heavy (non-hydrogen) atoms. The largest absolute Gasteiger partial charge is 0.372 e. The Morgan fingerprint density at radius 2 is 1.94 bits per heavy atom. The number of Topliss-reactive ketones (excluding diaryl/α,β-unsaturated/α-hetero) is 1. The number of nitrogens with zero attached hydrogens (tertiary/aromatic N) is 1. The molecule has 0 aliphatic heterocycles. The van der Waals surface area contributed by atoms with Gasteiger partial charge in [0.2, 0.25) is 5.78 Å². The second-order valence-electron chi connectivity index (χ2n) is 10.2. The average Bonchev–Trinajstić information content (AvgIpc) is 3.56. The highest BCUT2D eigenvalue weighted by atomic mass is 32.2. The maximum Gasteiger partial charge on any atom is 0.238 e. The summed E-state index contributed by atoms with van der Waals surface area (Å²) in [5.41, 5.74) is 2.56. The van der Waals surface area contributed by atoms with Crippen molar-refractivity contribution in [3.63, 3.8) is 0 Å². The molecule has 1 aromatic heterocycles. The van der Waals surface area contributed by atoms with E-state index in [1.165, 1.54) is 36.8 Å². The molecule has 0 spiro atoms. The lowest BCUT2D eigenvalue weighted by Crippen LogP contribution is -2.50. The van der Waals surface area contributed by atoms with Gasteiger partial charge in [-0.05, 0) is 65.2 Å². The first kappa shape index (κ1) is 27.2. The molecular formula is C28H41NO4S. The Labute approximate surface area is 210 Å². The molecule has 0 amide bonds. The summed E-state index contributed by atoms with van der Waals surface area (Å²) in [6.07, 6.45) is 9.91. The third kappa shape index (κ3) is 7.31. The maximum absolute atomic E-state index is 13.6. The number of thioether (sulfide) groups is 1. The number of carbonyl (C=O) groups excluding carboxylic acids is 1. The molecule has 1 heterocycles. The molecule has 2 aliphatic rings. The van der Waals surface area contributed by atoms with Crippen LogP contribution in [-0.4, -0.2) is 55.0 Å². The van der Waals surface area contributed by atoms with Gasteiger partial charge in [-0.25, -0.2) is 0 Å². The van der Waals surface area contributed by atoms with Crippen LogP contribution in [0.3, 0.4) is 0 Å². The van der Waals surface area contributed by atoms with Crippen LogP contribution < -0.4 is 0 Å². The molecule has 3 atom stereocenters. The molecular weight excluding hydrogens is 446 g/mol. The predicted molar refractivity (Wildman–Crippen MR) is 138 cm³/mol. The number of pyridine rings is 1. The number of methoxy groups -OCH3 is 2. The third-order valence-electron chi connectivity index (χ3n) is 7.07. The Morgan fingerprint density at radius 1 is 1.18 bits per heavy atom. The van der Waals surface area contributed by atoms with Crippen LogP contribution in [0.25, 0.3) is 0 Å². The Morgan fingerprint density at radius 3 is 2.62 bits per heavy atom. The molecule has 0 aromatic carbocycles. The summed E-state index contributed by atoms with van der Waals surface area (Å²) >= 11 is 1.83. The second kappa shape index (κ2) is 13.1. The highest BCUT2D eigenvalue weighted by Crippen LogP contribution is 2.39. The van der Waals surface area contributed by atoms with Crippen molar-refractivity contribution in [2.24, 2.45) is 17.8 Å². The summed E-state index contributed by atoms with van der Waals surface area (Å²) in [5, 5.41) is 0.462. The standard InChI is InChI=1S/C28H41NO4S/c1-20(2)34-18-21(3)28(33-19-32-5,27(30)7-6-14-31-4)17-26-25-16-23(11-10-22-8-9-22)15-24(25)12-13-29-26/h12-13,20-23H,8-11,14-19H2,1-5H3/t21-,23+,28+/m0/s1. The summed E-state index contributed by atoms with van der Waals surface area (Å²) < 4.78 is 16.6. The van der Waals surface area contributed by atoms with Crippen molar-refractivity contribution >= 4 is 17.5 Å². The third-order valence-corrected chi connectivity index (χ3v) is 8.43. The summed E-state index contributed by atoms with van der Waals surface area (Å²) in [4.78, 5) is 18.4. The molecule has 1 aromatic rings. The van der Waals surface area contributed by atoms with Gasteiger partial charge in [0.25, 0.3) is 0 Å². The van der Waals surface area contributed by atoms with Crippen molar-refractivity contribution in [3.05, 3.63) is 29.1 Å². The number of ketones is 1. The van der Waals surface area contributed by atoms with E-state index in [0.29, 0.717) is 17.6 Å². The van der Waals surface area contributed by atoms with Crippen LogP contribution in [0.2, 0.25) is 0 Å². The number of rotatable bonds is 14. The van der Waals surface area contributed by atoms with E-state index in [1.807, 2.05) is 18.0 Å². The normalized spacial score (nSPS) is 19.9. The van der Waals surface area contributed by atoms with Crippen LogP contribution >= 0.6 is 11.8 Å². The van der Waals surface area contributed by atoms with Gasteiger partial charge in [0.1, 0.15) is 13.4 Å². The minimum atomic E-state index is -1.12. The van der Waals surface area contributed by atoms with E-state index in [2.05, 4.69) is 38.7 Å². The maximum atomic E-state index is 13.6. The topological polar surface area (TPSA) is 57.7 Å². The number of aromatic nitrogens is 1. The van der Waals surface area contributed by atoms with Crippen molar-refractivity contribution in [2.45, 2.75) is 76.6 Å². The lowest BCUT2D eigenvalue weighted by Gasteiger charge is -2.36. The summed E-state index contributed by atoms with van der Waals surface area (Å²) in [6, 6.07) is 2.16. The highest BCUT2D eigenvalue weighted by Gasteiger charge is 2.45. The molecule has 2 aliphatic carbocycles. The van der Waals surface area contributed by atoms with E-state index in [4.69, 9.17) is 19.2 Å². The minimum absolute atomic E-state index is 0.0351. The number of carbonyl (C=O) groups is 1. The van der Waals surface area contributed by atoms with Gasteiger partial charge >= 0.3 is 0 Å². The van der Waals surface area contributed by atoms with Crippen molar-refractivity contribution in [1.82, 2.24) is 4.98 Å². The van der Waals surface area contributed by atoms with Gasteiger partial charge in [0.15, 0.2) is 5.60 Å². The van der Waals surface area contributed by atoms with Crippen molar-refractivity contribution < 1.29 is 19.0 Å². The molecule has 6 heteroatoms. The van der Waals surface area contributed by atoms with E-state index < -0.39 is 5.60 Å². The number of ether oxygens (including phenoxy) is 3. The van der Waals surface area contributed by atoms with E-state index in [1.54, 1.807) is 14.2 Å². The van der Waals surface area contributed by atoms with Crippen LogP contribution in [0.4, 0.5) is 0 Å². The van der Waals surface area contributed by atoms with Gasteiger partial charge < -0.3 is 14.2 Å². The summed E-state index contributed by atoms with van der Waals surface area (Å²) in [6.45, 7) is 6.67. The van der Waals surface area contributed by atoms with Gasteiger partial charge in [0, 0.05) is 38.4 Å². The van der Waals surface area contributed by atoms with E-state index in [9.17, 15) is 4.79 Å². The van der Waals surface area contributed by atoms with Gasteiger partial charge in [-0.3, -0.25) is 9.78 Å². The number of hydrogen-bond acceptors (Lipinski definition) is 6. The Balaban J connectivity index is 1.89. The quantitative estimate of drug-likeness (QED) is 0.212. The summed E-state index contributed by atoms with van der Waals surface area (Å²) in [5.74, 6) is 7.79. The SMILES string of the molecule is COCC#CC(=O)[C@](Cc1nccc2c1C[C@H](CCC1CC1)C2)(OCOC)[C@@H](C)CSC(C)C. The van der Waals surface area contributed by atoms with Crippen LogP contribution in [-0.2, 0) is 38.3 Å². The van der Waals surface area contributed by atoms with Gasteiger partial charge in [-0.2, -0.15) is 11.8 Å². The monoisotopic (exact) mass is 487 g/mol. The zero-order chi connectivity index (χ0) is 24.6. The van der Waals surface area contributed by atoms with Crippen molar-refractivity contribution in [3.8, 4) is 11.8 Å². The van der Waals surface area contributed by atoms with Crippen LogP contribution in [0, 0.1) is 29.6 Å². The lowest BCUT2D eigenvalue weighted by molar-refractivity contribution is -0.167. The van der Waals surface area contributed by atoms with Gasteiger partial charge in [0.05, 0.1) is 0 Å². The van der Waals surface area contributed by atoms with Crippen LogP contribution in [0.5, 0.6) is 0 Å². The first-order valence-corrected chi connectivity index (χ1v) is 13.7. The van der Waals surface area contributed by atoms with E-state index in [-0.39, 0.29) is 25.1 Å². The van der Waals surface area contributed by atoms with E-state index >= 15 is 0 Å². The fourth-order valence-corrected chi connectivity index (χ4v) is 5.79. The van der Waals surface area contributed by atoms with Crippen molar-refractivity contribution in [1.29, 1.82) is 0 Å². The van der Waals surface area contributed by atoms with Crippen LogP contribution in [0.1, 0.15) is 63.3 Å². The first-order valence-electron chi connectivity index (χ1n) is 12.6. The molecule has 1 saturated carbocycles. The fraction of sp³-hybridized carbons (Fsp3) is 0.714. The zero-order valence-electron chi connectivity index (χ0n) is 21.5. The minimum Gasteiger partial charge on any atom is -0.372 e. The predicted octanol–water partition coefficient (Wildman–Crippen LogP) is 4.89. The molecule has 0 unspecified atom stereocenters. The van der Waals surface area contributed by atoms with Crippen molar-refractivity contribution in [2.75, 3.05) is 33.4 Å². The van der Waals surface area contributed by atoms with Crippen LogP contribution in [0.15, 0.2) is 12.3 Å². The van der Waals surface area contributed by atoms with Gasteiger partial charge in [-0.15, -0.1) is 0 Å². The molecule has 1 fully saturated rings. The Hall–Kier alpha value is -1.39. The second-order valence-corrected chi connectivity index (χ2v) is 11.8. The Bertz CT molecular complexity index is 873. The molecule has 0 saturated heterocycles.